The van der Waals surface area contributed by atoms with Gasteiger partial charge in [0.15, 0.2) is 12.7 Å². The van der Waals surface area contributed by atoms with Crippen LogP contribution in [-0.4, -0.2) is 33.0 Å². The lowest BCUT2D eigenvalue weighted by Gasteiger charge is -2.14. The number of hydrogen-bond donors (Lipinski definition) is 2. The van der Waals surface area contributed by atoms with E-state index in [-0.39, 0.29) is 11.5 Å². The summed E-state index contributed by atoms with van der Waals surface area (Å²) in [5, 5.41) is 7.96. The van der Waals surface area contributed by atoms with Crippen molar-refractivity contribution < 1.29 is 27.5 Å². The molecule has 27 heavy (non-hydrogen) atoms. The van der Waals surface area contributed by atoms with Crippen LogP contribution in [0.1, 0.15) is 6.92 Å². The van der Waals surface area contributed by atoms with Crippen molar-refractivity contribution in [1.29, 1.82) is 0 Å². The average Bonchev–Trinajstić information content (AvgIpc) is 2.59. The lowest BCUT2D eigenvalue weighted by atomic mass is 10.3. The molecule has 1 amide bonds. The Morgan fingerprint density at radius 3 is 2.44 bits per heavy atom. The maximum Gasteiger partial charge on any atom is 0.344 e. The smallest absolute Gasteiger partial charge is 0.344 e. The molecular weight excluding hydrogens is 396 g/mol. The van der Waals surface area contributed by atoms with E-state index in [0.717, 1.165) is 0 Å². The highest BCUT2D eigenvalue weighted by Crippen LogP contribution is 2.17. The van der Waals surface area contributed by atoms with Crippen molar-refractivity contribution in [2.75, 3.05) is 11.9 Å². The maximum atomic E-state index is 12.1. The Hall–Kier alpha value is -2.62. The third-order valence-corrected chi connectivity index (χ3v) is 4.44. The summed E-state index contributed by atoms with van der Waals surface area (Å²) in [6.07, 6.45) is -1.08. The Balaban J connectivity index is 1.84. The largest absolute Gasteiger partial charge is 0.482 e. The van der Waals surface area contributed by atoms with Gasteiger partial charge in [-0.05, 0) is 49.4 Å². The topological polar surface area (TPSA) is 125 Å². The van der Waals surface area contributed by atoms with Gasteiger partial charge >= 0.3 is 5.97 Å². The number of amides is 1. The second-order valence-electron chi connectivity index (χ2n) is 5.44. The number of rotatable bonds is 7. The molecule has 2 aromatic carbocycles. The quantitative estimate of drug-likeness (QED) is 0.669. The highest BCUT2D eigenvalue weighted by Gasteiger charge is 2.18. The summed E-state index contributed by atoms with van der Waals surface area (Å²) in [5.41, 5.74) is 0.325. The number of ether oxygens (including phenoxy) is 2. The standard InChI is InChI=1S/C17H17ClN2O6S/c1-11(26-16(21)10-25-14-4-2-3-12(18)9-14)17(22)20-13-5-7-15(8-6-13)27(19,23)24/h2-9,11H,10H2,1H3,(H,20,22)(H2,19,23,24). The molecule has 0 radical (unpaired) electrons. The van der Waals surface area contributed by atoms with Crippen LogP contribution < -0.4 is 15.2 Å². The second kappa shape index (κ2) is 8.85. The zero-order valence-corrected chi connectivity index (χ0v) is 15.8. The molecule has 0 aliphatic heterocycles. The third-order valence-electron chi connectivity index (χ3n) is 3.28. The molecule has 0 aliphatic carbocycles. The predicted molar refractivity (Wildman–Crippen MR) is 98.9 cm³/mol. The zero-order valence-electron chi connectivity index (χ0n) is 14.2. The molecule has 8 nitrogen and oxygen atoms in total. The fraction of sp³-hybridized carbons (Fsp3) is 0.176. The number of primary sulfonamides is 1. The molecule has 0 spiro atoms. The van der Waals surface area contributed by atoms with Crippen molar-refractivity contribution >= 4 is 39.2 Å². The number of esters is 1. The number of sulfonamides is 1. The van der Waals surface area contributed by atoms with E-state index in [1.54, 1.807) is 18.2 Å². The molecule has 0 heterocycles. The Morgan fingerprint density at radius 2 is 1.85 bits per heavy atom. The number of nitrogens with two attached hydrogens (primary N) is 1. The number of halogens is 1. The molecule has 0 fully saturated rings. The summed E-state index contributed by atoms with van der Waals surface area (Å²) >= 11 is 5.81. The Labute approximate surface area is 161 Å². The normalized spacial score (nSPS) is 12.1. The summed E-state index contributed by atoms with van der Waals surface area (Å²) in [6, 6.07) is 11.7. The third kappa shape index (κ3) is 6.55. The highest BCUT2D eigenvalue weighted by molar-refractivity contribution is 7.89. The molecule has 1 atom stereocenters. The van der Waals surface area contributed by atoms with Crippen LogP contribution in [0.3, 0.4) is 0 Å². The van der Waals surface area contributed by atoms with Crippen LogP contribution >= 0.6 is 11.6 Å². The second-order valence-corrected chi connectivity index (χ2v) is 7.43. The van der Waals surface area contributed by atoms with Crippen molar-refractivity contribution in [2.45, 2.75) is 17.9 Å². The molecule has 2 aromatic rings. The van der Waals surface area contributed by atoms with Gasteiger partial charge in [-0.25, -0.2) is 18.4 Å². The minimum Gasteiger partial charge on any atom is -0.482 e. The van der Waals surface area contributed by atoms with E-state index in [2.05, 4.69) is 5.32 Å². The van der Waals surface area contributed by atoms with Gasteiger partial charge in [-0.2, -0.15) is 0 Å². The fourth-order valence-corrected chi connectivity index (χ4v) is 2.65. The van der Waals surface area contributed by atoms with Crippen LogP contribution in [-0.2, 0) is 24.3 Å². The Bertz CT molecular complexity index is 931. The fourth-order valence-electron chi connectivity index (χ4n) is 1.96. The number of carbonyl (C=O) groups excluding carboxylic acids is 2. The summed E-state index contributed by atoms with van der Waals surface area (Å²) < 4.78 is 32.6. The van der Waals surface area contributed by atoms with Gasteiger partial charge in [-0.15, -0.1) is 0 Å². The Kier molecular flexibility index (Phi) is 6.78. The van der Waals surface area contributed by atoms with E-state index < -0.39 is 28.0 Å². The van der Waals surface area contributed by atoms with Crippen LogP contribution in [0.2, 0.25) is 5.02 Å². The summed E-state index contributed by atoms with van der Waals surface area (Å²) in [7, 11) is -3.82. The van der Waals surface area contributed by atoms with Crippen molar-refractivity contribution in [3.63, 3.8) is 0 Å². The lowest BCUT2D eigenvalue weighted by molar-refractivity contribution is -0.155. The monoisotopic (exact) mass is 412 g/mol. The first-order valence-electron chi connectivity index (χ1n) is 7.67. The van der Waals surface area contributed by atoms with Crippen LogP contribution in [0.25, 0.3) is 0 Å². The SMILES string of the molecule is CC(OC(=O)COc1cccc(Cl)c1)C(=O)Nc1ccc(S(N)(=O)=O)cc1. The van der Waals surface area contributed by atoms with Gasteiger partial charge in [0, 0.05) is 10.7 Å². The van der Waals surface area contributed by atoms with Gasteiger partial charge in [0.05, 0.1) is 4.90 Å². The molecule has 1 unspecified atom stereocenters. The van der Waals surface area contributed by atoms with Gasteiger partial charge in [0.1, 0.15) is 5.75 Å². The van der Waals surface area contributed by atoms with Crippen LogP contribution in [0, 0.1) is 0 Å². The number of hydrogen-bond acceptors (Lipinski definition) is 6. The van der Waals surface area contributed by atoms with E-state index in [4.69, 9.17) is 26.2 Å². The summed E-state index contributed by atoms with van der Waals surface area (Å²) in [6.45, 7) is 1.01. The molecule has 0 bridgehead atoms. The first kappa shape index (κ1) is 20.7. The van der Waals surface area contributed by atoms with E-state index in [1.165, 1.54) is 37.3 Å². The maximum absolute atomic E-state index is 12.1. The highest BCUT2D eigenvalue weighted by atomic mass is 35.5. The van der Waals surface area contributed by atoms with Gasteiger partial charge in [0.2, 0.25) is 10.0 Å². The molecule has 3 N–H and O–H groups in total. The molecule has 2 rings (SSSR count). The Morgan fingerprint density at radius 1 is 1.19 bits per heavy atom. The molecule has 0 aromatic heterocycles. The molecule has 0 saturated heterocycles. The number of anilines is 1. The number of nitrogens with one attached hydrogen (secondary N) is 1. The molecule has 10 heteroatoms. The molecular formula is C17H17ClN2O6S. The van der Waals surface area contributed by atoms with Crippen molar-refractivity contribution in [1.82, 2.24) is 0 Å². The van der Waals surface area contributed by atoms with Crippen molar-refractivity contribution in [2.24, 2.45) is 5.14 Å². The van der Waals surface area contributed by atoms with Crippen LogP contribution in [0.15, 0.2) is 53.4 Å². The van der Waals surface area contributed by atoms with Gasteiger partial charge in [-0.3, -0.25) is 4.79 Å². The first-order valence-corrected chi connectivity index (χ1v) is 9.59. The summed E-state index contributed by atoms with van der Waals surface area (Å²) in [4.78, 5) is 23.8. The van der Waals surface area contributed by atoms with Crippen LogP contribution in [0.4, 0.5) is 5.69 Å². The van der Waals surface area contributed by atoms with Crippen LogP contribution in [0.5, 0.6) is 5.75 Å². The number of carbonyl (C=O) groups is 2. The number of benzene rings is 2. The van der Waals surface area contributed by atoms with E-state index in [9.17, 15) is 18.0 Å². The van der Waals surface area contributed by atoms with Crippen molar-refractivity contribution in [3.05, 3.63) is 53.6 Å². The van der Waals surface area contributed by atoms with E-state index in [1.807, 2.05) is 0 Å². The lowest BCUT2D eigenvalue weighted by Crippen LogP contribution is -2.31. The molecule has 0 aliphatic rings. The van der Waals surface area contributed by atoms with Gasteiger partial charge < -0.3 is 14.8 Å². The average molecular weight is 413 g/mol. The molecule has 0 saturated carbocycles. The molecule has 144 valence electrons. The zero-order chi connectivity index (χ0) is 20.0. The van der Waals surface area contributed by atoms with Crippen molar-refractivity contribution in [3.8, 4) is 5.75 Å². The van der Waals surface area contributed by atoms with Gasteiger partial charge in [-0.1, -0.05) is 17.7 Å². The van der Waals surface area contributed by atoms with E-state index in [0.29, 0.717) is 16.5 Å². The first-order chi connectivity index (χ1) is 12.6. The predicted octanol–water partition coefficient (Wildman–Crippen LogP) is 1.94. The summed E-state index contributed by atoms with van der Waals surface area (Å²) in [5.74, 6) is -0.928. The minimum absolute atomic E-state index is 0.0851. The minimum atomic E-state index is -3.82. The van der Waals surface area contributed by atoms with Gasteiger partial charge in [0.25, 0.3) is 5.91 Å². The van der Waals surface area contributed by atoms with E-state index >= 15 is 0 Å².